The first-order chi connectivity index (χ1) is 11.0. The number of aromatic nitrogens is 1. The third kappa shape index (κ3) is 3.50. The summed E-state index contributed by atoms with van der Waals surface area (Å²) in [5.41, 5.74) is 1.56. The summed E-state index contributed by atoms with van der Waals surface area (Å²) in [7, 11) is 0. The molecule has 0 saturated carbocycles. The van der Waals surface area contributed by atoms with E-state index in [2.05, 4.69) is 24.3 Å². The van der Waals surface area contributed by atoms with E-state index in [-0.39, 0.29) is 18.0 Å². The molecule has 6 heteroatoms. The number of halogens is 1. The van der Waals surface area contributed by atoms with Gasteiger partial charge >= 0.3 is 6.03 Å². The lowest BCUT2D eigenvalue weighted by Gasteiger charge is -2.23. The van der Waals surface area contributed by atoms with Gasteiger partial charge in [-0.2, -0.15) is 0 Å². The van der Waals surface area contributed by atoms with Crippen LogP contribution in [-0.2, 0) is 0 Å². The van der Waals surface area contributed by atoms with Crippen LogP contribution in [0.15, 0.2) is 34.9 Å². The Bertz CT molecular complexity index is 681. The summed E-state index contributed by atoms with van der Waals surface area (Å²) in [6.07, 6.45) is 1.86. The molecule has 1 saturated heterocycles. The number of benzene rings is 1. The van der Waals surface area contributed by atoms with Crippen molar-refractivity contribution in [3.8, 4) is 0 Å². The molecule has 1 aromatic carbocycles. The molecular weight excluding hydrogens is 314 g/mol. The molecule has 5 nitrogen and oxygen atoms in total. The van der Waals surface area contributed by atoms with E-state index in [4.69, 9.17) is 16.1 Å². The maximum atomic E-state index is 12.5. The fourth-order valence-electron chi connectivity index (χ4n) is 2.78. The second kappa shape index (κ2) is 6.62. The summed E-state index contributed by atoms with van der Waals surface area (Å²) in [4.78, 5) is 14.4. The van der Waals surface area contributed by atoms with Crippen LogP contribution in [0.4, 0.5) is 10.5 Å². The van der Waals surface area contributed by atoms with Crippen LogP contribution in [0.2, 0.25) is 5.02 Å². The van der Waals surface area contributed by atoms with E-state index in [9.17, 15) is 4.79 Å². The van der Waals surface area contributed by atoms with E-state index in [1.165, 1.54) is 0 Å². The summed E-state index contributed by atoms with van der Waals surface area (Å²) in [6.45, 7) is 4.84. The normalized spacial score (nSPS) is 17.7. The zero-order chi connectivity index (χ0) is 16.4. The molecule has 1 N–H and O–H groups in total. The van der Waals surface area contributed by atoms with Crippen molar-refractivity contribution in [2.24, 2.45) is 0 Å². The molecule has 0 radical (unpaired) electrons. The van der Waals surface area contributed by atoms with Crippen LogP contribution < -0.4 is 5.32 Å². The first-order valence-corrected chi connectivity index (χ1v) is 8.22. The molecule has 122 valence electrons. The number of likely N-dealkylation sites (tertiary alicyclic amines) is 1. The third-order valence-corrected chi connectivity index (χ3v) is 4.32. The fraction of sp³-hybridized carbons (Fsp3) is 0.412. The molecule has 1 aliphatic heterocycles. The summed E-state index contributed by atoms with van der Waals surface area (Å²) in [5.74, 6) is 1.14. The van der Waals surface area contributed by atoms with Gasteiger partial charge in [0.2, 0.25) is 0 Å². The maximum Gasteiger partial charge on any atom is 0.322 e. The molecule has 1 atom stereocenters. The molecule has 2 amide bonds. The topological polar surface area (TPSA) is 58.4 Å². The largest absolute Gasteiger partial charge is 0.361 e. The second-order valence-corrected chi connectivity index (χ2v) is 6.53. The van der Waals surface area contributed by atoms with Crippen LogP contribution in [0.1, 0.15) is 50.1 Å². The van der Waals surface area contributed by atoms with Crippen molar-refractivity contribution in [3.63, 3.8) is 0 Å². The molecular formula is C17H20ClN3O2. The van der Waals surface area contributed by atoms with Crippen molar-refractivity contribution >= 4 is 23.3 Å². The van der Waals surface area contributed by atoms with E-state index in [1.54, 1.807) is 24.3 Å². The Morgan fingerprint density at radius 3 is 2.78 bits per heavy atom. The van der Waals surface area contributed by atoms with Gasteiger partial charge in [0.25, 0.3) is 0 Å². The number of carbonyl (C=O) groups excluding carboxylic acids is 1. The zero-order valence-corrected chi connectivity index (χ0v) is 14.0. The lowest BCUT2D eigenvalue weighted by atomic mass is 10.1. The number of hydrogen-bond donors (Lipinski definition) is 1. The van der Waals surface area contributed by atoms with Crippen LogP contribution in [0.5, 0.6) is 0 Å². The average molecular weight is 334 g/mol. The maximum absolute atomic E-state index is 12.5. The Labute approximate surface area is 140 Å². The minimum Gasteiger partial charge on any atom is -0.361 e. The van der Waals surface area contributed by atoms with Gasteiger partial charge in [0.05, 0.1) is 6.04 Å². The molecule has 23 heavy (non-hydrogen) atoms. The first kappa shape index (κ1) is 15.9. The monoisotopic (exact) mass is 333 g/mol. The number of urea groups is 1. The Hall–Kier alpha value is -2.01. The molecule has 0 unspecified atom stereocenters. The predicted molar refractivity (Wildman–Crippen MR) is 89.7 cm³/mol. The number of nitrogens with zero attached hydrogens (tertiary/aromatic N) is 2. The number of amides is 2. The van der Waals surface area contributed by atoms with Gasteiger partial charge in [0.1, 0.15) is 11.5 Å². The van der Waals surface area contributed by atoms with Gasteiger partial charge < -0.3 is 14.7 Å². The number of anilines is 1. The minimum atomic E-state index is -0.121. The summed E-state index contributed by atoms with van der Waals surface area (Å²) in [5, 5.41) is 7.71. The van der Waals surface area contributed by atoms with Gasteiger partial charge in [-0.25, -0.2) is 4.79 Å². The standard InChI is InChI=1S/C17H20ClN3O2/c1-11(2)16-10-14(20-23-16)15-4-3-9-21(15)17(22)19-13-7-5-12(18)6-8-13/h5-8,10-11,15H,3-4,9H2,1-2H3,(H,19,22)/t15-/m1/s1. The Kier molecular flexibility index (Phi) is 4.57. The quantitative estimate of drug-likeness (QED) is 0.876. The Balaban J connectivity index is 1.72. The van der Waals surface area contributed by atoms with Crippen LogP contribution in [0.25, 0.3) is 0 Å². The Morgan fingerprint density at radius 1 is 1.39 bits per heavy atom. The van der Waals surface area contributed by atoms with Crippen molar-refractivity contribution < 1.29 is 9.32 Å². The van der Waals surface area contributed by atoms with E-state index < -0.39 is 0 Å². The summed E-state index contributed by atoms with van der Waals surface area (Å²) in [6, 6.07) is 8.90. The highest BCUT2D eigenvalue weighted by Crippen LogP contribution is 2.33. The van der Waals surface area contributed by atoms with Crippen molar-refractivity contribution in [1.29, 1.82) is 0 Å². The van der Waals surface area contributed by atoms with Crippen LogP contribution in [-0.4, -0.2) is 22.6 Å². The van der Waals surface area contributed by atoms with Crippen LogP contribution >= 0.6 is 11.6 Å². The van der Waals surface area contributed by atoms with Gasteiger partial charge in [0.15, 0.2) is 0 Å². The molecule has 1 fully saturated rings. The predicted octanol–water partition coefficient (Wildman–Crippen LogP) is 4.82. The summed E-state index contributed by atoms with van der Waals surface area (Å²) >= 11 is 5.86. The number of rotatable bonds is 3. The number of nitrogens with one attached hydrogen (secondary N) is 1. The molecule has 2 aromatic rings. The smallest absolute Gasteiger partial charge is 0.322 e. The minimum absolute atomic E-state index is 0.0291. The average Bonchev–Trinajstić information content (AvgIpc) is 3.17. The number of carbonyl (C=O) groups is 1. The highest BCUT2D eigenvalue weighted by Gasteiger charge is 2.32. The van der Waals surface area contributed by atoms with Gasteiger partial charge in [-0.15, -0.1) is 0 Å². The molecule has 0 spiro atoms. The van der Waals surface area contributed by atoms with Crippen molar-refractivity contribution in [2.45, 2.75) is 38.6 Å². The zero-order valence-electron chi connectivity index (χ0n) is 13.3. The van der Waals surface area contributed by atoms with Gasteiger partial charge in [-0.05, 0) is 37.1 Å². The SMILES string of the molecule is CC(C)c1cc([C@H]2CCCN2C(=O)Nc2ccc(Cl)cc2)no1. The molecule has 1 aliphatic rings. The lowest BCUT2D eigenvalue weighted by Crippen LogP contribution is -2.34. The molecule has 1 aromatic heterocycles. The summed E-state index contributed by atoms with van der Waals surface area (Å²) < 4.78 is 5.37. The lowest BCUT2D eigenvalue weighted by molar-refractivity contribution is 0.204. The van der Waals surface area contributed by atoms with E-state index in [0.29, 0.717) is 11.6 Å². The highest BCUT2D eigenvalue weighted by molar-refractivity contribution is 6.30. The van der Waals surface area contributed by atoms with Gasteiger partial charge in [0, 0.05) is 29.2 Å². The fourth-order valence-corrected chi connectivity index (χ4v) is 2.90. The highest BCUT2D eigenvalue weighted by atomic mass is 35.5. The van der Waals surface area contributed by atoms with Crippen LogP contribution in [0.3, 0.4) is 0 Å². The first-order valence-electron chi connectivity index (χ1n) is 7.84. The molecule has 0 aliphatic carbocycles. The van der Waals surface area contributed by atoms with Gasteiger partial charge in [-0.3, -0.25) is 0 Å². The molecule has 2 heterocycles. The van der Waals surface area contributed by atoms with Gasteiger partial charge in [-0.1, -0.05) is 30.6 Å². The van der Waals surface area contributed by atoms with E-state index >= 15 is 0 Å². The van der Waals surface area contributed by atoms with Crippen molar-refractivity contribution in [1.82, 2.24) is 10.1 Å². The van der Waals surface area contributed by atoms with E-state index in [0.717, 1.165) is 30.0 Å². The van der Waals surface area contributed by atoms with Crippen LogP contribution in [0, 0.1) is 0 Å². The molecule has 0 bridgehead atoms. The van der Waals surface area contributed by atoms with Crippen molar-refractivity contribution in [2.75, 3.05) is 11.9 Å². The Morgan fingerprint density at radius 2 is 2.13 bits per heavy atom. The van der Waals surface area contributed by atoms with E-state index in [1.807, 2.05) is 11.0 Å². The van der Waals surface area contributed by atoms with Crippen molar-refractivity contribution in [3.05, 3.63) is 46.8 Å². The molecule has 3 rings (SSSR count). The third-order valence-electron chi connectivity index (χ3n) is 4.07. The second-order valence-electron chi connectivity index (χ2n) is 6.10. The number of hydrogen-bond acceptors (Lipinski definition) is 3.